The van der Waals surface area contributed by atoms with Crippen LogP contribution in [0.4, 0.5) is 0 Å². The van der Waals surface area contributed by atoms with E-state index in [1.165, 1.54) is 33.4 Å². The SMILES string of the molecule is CC(Sc1ncnc2sc3c(c12)CCC3)C(=O)N1CCc2ccccc2C1. The summed E-state index contributed by atoms with van der Waals surface area (Å²) in [6.45, 7) is 3.52. The van der Waals surface area contributed by atoms with Crippen molar-refractivity contribution in [2.45, 2.75) is 49.4 Å². The van der Waals surface area contributed by atoms with E-state index in [1.54, 1.807) is 29.4 Å². The fourth-order valence-electron chi connectivity index (χ4n) is 4.15. The first kappa shape index (κ1) is 17.2. The van der Waals surface area contributed by atoms with Crippen LogP contribution < -0.4 is 0 Å². The van der Waals surface area contributed by atoms with Crippen LogP contribution in [0, 0.1) is 0 Å². The number of fused-ring (bicyclic) bond motifs is 4. The summed E-state index contributed by atoms with van der Waals surface area (Å²) >= 11 is 3.39. The van der Waals surface area contributed by atoms with Gasteiger partial charge >= 0.3 is 0 Å². The highest BCUT2D eigenvalue weighted by Crippen LogP contribution is 2.41. The summed E-state index contributed by atoms with van der Waals surface area (Å²) in [6.07, 6.45) is 6.07. The smallest absolute Gasteiger partial charge is 0.236 e. The minimum absolute atomic E-state index is 0.148. The van der Waals surface area contributed by atoms with Crippen LogP contribution in [0.3, 0.4) is 0 Å². The van der Waals surface area contributed by atoms with Gasteiger partial charge in [-0.15, -0.1) is 11.3 Å². The average Bonchev–Trinajstić information content (AvgIpc) is 3.28. The zero-order valence-corrected chi connectivity index (χ0v) is 16.9. The van der Waals surface area contributed by atoms with E-state index in [-0.39, 0.29) is 11.2 Å². The van der Waals surface area contributed by atoms with Crippen molar-refractivity contribution in [2.24, 2.45) is 0 Å². The van der Waals surface area contributed by atoms with Gasteiger partial charge in [0.1, 0.15) is 16.2 Å². The first-order chi connectivity index (χ1) is 13.2. The standard InChI is InChI=1S/C21H21N3OS2/c1-13(21(25)24-10-9-14-5-2-3-6-15(14)11-24)26-19-18-16-7-4-8-17(16)27-20(18)23-12-22-19/h2-3,5-6,12-13H,4,7-11H2,1H3. The minimum atomic E-state index is -0.148. The summed E-state index contributed by atoms with van der Waals surface area (Å²) < 4.78 is 0. The van der Waals surface area contributed by atoms with Crippen molar-refractivity contribution in [1.82, 2.24) is 14.9 Å². The molecule has 5 rings (SSSR count). The maximum atomic E-state index is 13.1. The molecule has 0 N–H and O–H groups in total. The number of thiophene rings is 1. The van der Waals surface area contributed by atoms with Crippen molar-refractivity contribution < 1.29 is 4.79 Å². The summed E-state index contributed by atoms with van der Waals surface area (Å²) in [7, 11) is 0. The number of nitrogens with zero attached hydrogens (tertiary/aromatic N) is 3. The second kappa shape index (κ2) is 6.91. The van der Waals surface area contributed by atoms with E-state index in [0.717, 1.165) is 35.7 Å². The number of rotatable bonds is 3. The number of benzene rings is 1. The van der Waals surface area contributed by atoms with Gasteiger partial charge in [-0.2, -0.15) is 0 Å². The van der Waals surface area contributed by atoms with Crippen molar-refractivity contribution >= 4 is 39.2 Å². The van der Waals surface area contributed by atoms with E-state index in [9.17, 15) is 4.79 Å². The lowest BCUT2D eigenvalue weighted by atomic mass is 10.00. The Morgan fingerprint density at radius 2 is 2.04 bits per heavy atom. The molecular formula is C21H21N3OS2. The van der Waals surface area contributed by atoms with E-state index in [1.807, 2.05) is 11.8 Å². The van der Waals surface area contributed by atoms with Gasteiger partial charge in [-0.1, -0.05) is 36.0 Å². The molecule has 1 amide bonds. The molecule has 0 saturated carbocycles. The van der Waals surface area contributed by atoms with Gasteiger partial charge in [0.2, 0.25) is 5.91 Å². The van der Waals surface area contributed by atoms with Crippen LogP contribution in [-0.2, 0) is 30.6 Å². The van der Waals surface area contributed by atoms with Crippen molar-refractivity contribution in [3.63, 3.8) is 0 Å². The lowest BCUT2D eigenvalue weighted by Crippen LogP contribution is -2.40. The molecule has 0 radical (unpaired) electrons. The molecule has 1 atom stereocenters. The Morgan fingerprint density at radius 3 is 2.93 bits per heavy atom. The second-order valence-electron chi connectivity index (χ2n) is 7.25. The molecule has 3 aromatic rings. The maximum Gasteiger partial charge on any atom is 0.236 e. The Hall–Kier alpha value is -1.92. The fraction of sp³-hybridized carbons (Fsp3) is 0.381. The van der Waals surface area contributed by atoms with Crippen molar-refractivity contribution in [3.8, 4) is 0 Å². The number of hydrogen-bond donors (Lipinski definition) is 0. The summed E-state index contributed by atoms with van der Waals surface area (Å²) in [5.41, 5.74) is 4.06. The molecule has 6 heteroatoms. The number of amides is 1. The van der Waals surface area contributed by atoms with E-state index in [0.29, 0.717) is 6.54 Å². The zero-order chi connectivity index (χ0) is 18.4. The monoisotopic (exact) mass is 395 g/mol. The Kier molecular flexibility index (Phi) is 4.40. The highest BCUT2D eigenvalue weighted by atomic mass is 32.2. The van der Waals surface area contributed by atoms with Crippen LogP contribution in [0.25, 0.3) is 10.2 Å². The largest absolute Gasteiger partial charge is 0.337 e. The summed E-state index contributed by atoms with van der Waals surface area (Å²) in [4.78, 5) is 26.6. The molecular weight excluding hydrogens is 374 g/mol. The molecule has 0 bridgehead atoms. The van der Waals surface area contributed by atoms with Gasteiger partial charge in [0.15, 0.2) is 0 Å². The molecule has 4 nitrogen and oxygen atoms in total. The average molecular weight is 396 g/mol. The van der Waals surface area contributed by atoms with Crippen LogP contribution in [0.2, 0.25) is 0 Å². The third-order valence-electron chi connectivity index (χ3n) is 5.55. The highest BCUT2D eigenvalue weighted by molar-refractivity contribution is 8.00. The van der Waals surface area contributed by atoms with Crippen LogP contribution in [0.15, 0.2) is 35.6 Å². The third-order valence-corrected chi connectivity index (χ3v) is 7.83. The third kappa shape index (κ3) is 3.05. The number of aromatic nitrogens is 2. The molecule has 27 heavy (non-hydrogen) atoms. The zero-order valence-electron chi connectivity index (χ0n) is 15.3. The molecule has 3 heterocycles. The number of carbonyl (C=O) groups is 1. The van der Waals surface area contributed by atoms with Gasteiger partial charge < -0.3 is 4.90 Å². The van der Waals surface area contributed by atoms with Gasteiger partial charge in [-0.05, 0) is 49.3 Å². The molecule has 138 valence electrons. The molecule has 0 saturated heterocycles. The van der Waals surface area contributed by atoms with Crippen LogP contribution >= 0.6 is 23.1 Å². The maximum absolute atomic E-state index is 13.1. The first-order valence-electron chi connectivity index (χ1n) is 9.48. The normalized spacial score (nSPS) is 17.0. The number of hydrogen-bond acceptors (Lipinski definition) is 5. The van der Waals surface area contributed by atoms with Crippen molar-refractivity contribution in [3.05, 3.63) is 52.2 Å². The van der Waals surface area contributed by atoms with Gasteiger partial charge in [-0.3, -0.25) is 4.79 Å². The molecule has 2 aliphatic rings. The predicted molar refractivity (Wildman–Crippen MR) is 110 cm³/mol. The van der Waals surface area contributed by atoms with Gasteiger partial charge in [0, 0.05) is 23.4 Å². The summed E-state index contributed by atoms with van der Waals surface area (Å²) in [5, 5.41) is 2.02. The topological polar surface area (TPSA) is 46.1 Å². The second-order valence-corrected chi connectivity index (χ2v) is 9.67. The Bertz CT molecular complexity index is 1030. The van der Waals surface area contributed by atoms with Crippen molar-refractivity contribution in [1.29, 1.82) is 0 Å². The number of aryl methyl sites for hydroxylation is 2. The molecule has 1 aromatic carbocycles. The Morgan fingerprint density at radius 1 is 1.19 bits per heavy atom. The Balaban J connectivity index is 1.37. The quantitative estimate of drug-likeness (QED) is 0.491. The number of carbonyl (C=O) groups excluding carboxylic acids is 1. The fourth-order valence-corrected chi connectivity index (χ4v) is 6.47. The molecule has 0 fully saturated rings. The van der Waals surface area contributed by atoms with Gasteiger partial charge in [-0.25, -0.2) is 9.97 Å². The van der Waals surface area contributed by atoms with Crippen LogP contribution in [-0.4, -0.2) is 32.6 Å². The Labute approximate surface area is 167 Å². The molecule has 1 aliphatic heterocycles. The number of thioether (sulfide) groups is 1. The predicted octanol–water partition coefficient (Wildman–Crippen LogP) is 4.25. The van der Waals surface area contributed by atoms with Gasteiger partial charge in [0.05, 0.1) is 5.25 Å². The first-order valence-corrected chi connectivity index (χ1v) is 11.2. The van der Waals surface area contributed by atoms with E-state index < -0.39 is 0 Å². The van der Waals surface area contributed by atoms with Crippen molar-refractivity contribution in [2.75, 3.05) is 6.54 Å². The van der Waals surface area contributed by atoms with Crippen LogP contribution in [0.5, 0.6) is 0 Å². The van der Waals surface area contributed by atoms with E-state index >= 15 is 0 Å². The molecule has 2 aromatic heterocycles. The summed E-state index contributed by atoms with van der Waals surface area (Å²) in [5.74, 6) is 0.202. The highest BCUT2D eigenvalue weighted by Gasteiger charge is 2.27. The summed E-state index contributed by atoms with van der Waals surface area (Å²) in [6, 6.07) is 8.44. The molecule has 0 spiro atoms. The van der Waals surface area contributed by atoms with Crippen LogP contribution in [0.1, 0.15) is 34.9 Å². The minimum Gasteiger partial charge on any atom is -0.337 e. The lowest BCUT2D eigenvalue weighted by Gasteiger charge is -2.30. The molecule has 1 aliphatic carbocycles. The molecule has 1 unspecified atom stereocenters. The lowest BCUT2D eigenvalue weighted by molar-refractivity contribution is -0.131. The van der Waals surface area contributed by atoms with E-state index in [2.05, 4.69) is 34.2 Å². The van der Waals surface area contributed by atoms with Gasteiger partial charge in [0.25, 0.3) is 0 Å². The van der Waals surface area contributed by atoms with E-state index in [4.69, 9.17) is 0 Å².